The number of carbonyl (C=O) groups excluding carboxylic acids is 1. The second-order valence-electron chi connectivity index (χ2n) is 3.95. The van der Waals surface area contributed by atoms with Crippen molar-refractivity contribution < 1.29 is 4.79 Å². The van der Waals surface area contributed by atoms with E-state index in [4.69, 9.17) is 5.73 Å². The second kappa shape index (κ2) is 5.18. The summed E-state index contributed by atoms with van der Waals surface area (Å²) in [4.78, 5) is 15.9. The highest BCUT2D eigenvalue weighted by Crippen LogP contribution is 2.19. The van der Waals surface area contributed by atoms with Gasteiger partial charge in [-0.05, 0) is 42.8 Å². The molecule has 0 aliphatic carbocycles. The lowest BCUT2D eigenvalue weighted by Crippen LogP contribution is -2.14. The molecular formula is C13H12BrN3O. The van der Waals surface area contributed by atoms with Gasteiger partial charge < -0.3 is 11.1 Å². The van der Waals surface area contributed by atoms with Crippen LogP contribution in [-0.2, 0) is 0 Å². The predicted molar refractivity (Wildman–Crippen MR) is 75.5 cm³/mol. The number of nitrogens with two attached hydrogens (primary N) is 1. The molecule has 0 aliphatic heterocycles. The lowest BCUT2D eigenvalue weighted by Gasteiger charge is -2.06. The zero-order valence-electron chi connectivity index (χ0n) is 9.77. The molecule has 0 bridgehead atoms. The van der Waals surface area contributed by atoms with Gasteiger partial charge in [0, 0.05) is 22.0 Å². The Morgan fingerprint density at radius 3 is 2.78 bits per heavy atom. The van der Waals surface area contributed by atoms with Gasteiger partial charge in [0.1, 0.15) is 5.69 Å². The number of anilines is 2. The summed E-state index contributed by atoms with van der Waals surface area (Å²) in [5.74, 6) is -0.278. The quantitative estimate of drug-likeness (QED) is 0.896. The Balaban J connectivity index is 2.21. The average molecular weight is 306 g/mol. The molecular weight excluding hydrogens is 294 g/mol. The van der Waals surface area contributed by atoms with E-state index in [-0.39, 0.29) is 5.91 Å². The molecule has 0 saturated carbocycles. The van der Waals surface area contributed by atoms with Gasteiger partial charge in [0.15, 0.2) is 0 Å². The van der Waals surface area contributed by atoms with Gasteiger partial charge >= 0.3 is 0 Å². The average Bonchev–Trinajstić information content (AvgIpc) is 2.27. The Kier molecular flexibility index (Phi) is 3.62. The number of pyridine rings is 1. The van der Waals surface area contributed by atoms with Crippen LogP contribution in [0.3, 0.4) is 0 Å². The van der Waals surface area contributed by atoms with E-state index in [9.17, 15) is 4.79 Å². The third-order valence-electron chi connectivity index (χ3n) is 2.32. The summed E-state index contributed by atoms with van der Waals surface area (Å²) in [5, 5.41) is 2.78. The highest BCUT2D eigenvalue weighted by atomic mass is 79.9. The van der Waals surface area contributed by atoms with Gasteiger partial charge in [0.2, 0.25) is 0 Å². The summed E-state index contributed by atoms with van der Waals surface area (Å²) < 4.78 is 0.915. The minimum atomic E-state index is -0.278. The van der Waals surface area contributed by atoms with E-state index in [1.165, 1.54) is 6.20 Å². The number of hydrogen-bond acceptors (Lipinski definition) is 3. The summed E-state index contributed by atoms with van der Waals surface area (Å²) in [7, 11) is 0. The van der Waals surface area contributed by atoms with Gasteiger partial charge in [-0.3, -0.25) is 9.78 Å². The zero-order valence-corrected chi connectivity index (χ0v) is 11.4. The smallest absolute Gasteiger partial charge is 0.274 e. The fourth-order valence-electron chi connectivity index (χ4n) is 1.57. The number of aromatic nitrogens is 1. The maximum absolute atomic E-state index is 11.9. The Bertz CT molecular complexity index is 578. The highest BCUT2D eigenvalue weighted by molar-refractivity contribution is 9.10. The molecule has 18 heavy (non-hydrogen) atoms. The second-order valence-corrected chi connectivity index (χ2v) is 4.86. The Labute approximate surface area is 113 Å². The molecule has 0 saturated heterocycles. The van der Waals surface area contributed by atoms with Crippen LogP contribution in [0.2, 0.25) is 0 Å². The molecule has 0 fully saturated rings. The first-order valence-corrected chi connectivity index (χ1v) is 6.14. The molecule has 2 rings (SSSR count). The number of rotatable bonds is 2. The number of halogens is 1. The molecule has 0 unspecified atom stereocenters. The number of amides is 1. The fourth-order valence-corrected chi connectivity index (χ4v) is 2.18. The first-order chi connectivity index (χ1) is 8.54. The van der Waals surface area contributed by atoms with Crippen LogP contribution in [0.15, 0.2) is 41.0 Å². The molecule has 1 amide bonds. The van der Waals surface area contributed by atoms with Crippen molar-refractivity contribution in [2.24, 2.45) is 0 Å². The van der Waals surface area contributed by atoms with E-state index in [2.05, 4.69) is 26.2 Å². The number of aryl methyl sites for hydroxylation is 1. The predicted octanol–water partition coefficient (Wildman–Crippen LogP) is 2.99. The molecule has 3 N–H and O–H groups in total. The lowest BCUT2D eigenvalue weighted by molar-refractivity contribution is 0.102. The van der Waals surface area contributed by atoms with Crippen LogP contribution in [-0.4, -0.2) is 10.9 Å². The van der Waals surface area contributed by atoms with Crippen molar-refractivity contribution >= 4 is 33.2 Å². The van der Waals surface area contributed by atoms with Crippen LogP contribution in [0.5, 0.6) is 0 Å². The molecule has 0 aliphatic rings. The topological polar surface area (TPSA) is 68.0 Å². The normalized spacial score (nSPS) is 10.1. The monoisotopic (exact) mass is 305 g/mol. The number of nitrogen functional groups attached to an aromatic ring is 1. The van der Waals surface area contributed by atoms with Crippen LogP contribution in [0.25, 0.3) is 0 Å². The maximum atomic E-state index is 11.9. The van der Waals surface area contributed by atoms with Gasteiger partial charge in [-0.25, -0.2) is 0 Å². The first kappa shape index (κ1) is 12.6. The van der Waals surface area contributed by atoms with Crippen molar-refractivity contribution in [3.8, 4) is 0 Å². The van der Waals surface area contributed by atoms with E-state index in [0.29, 0.717) is 11.4 Å². The fraction of sp³-hybridized carbons (Fsp3) is 0.0769. The van der Waals surface area contributed by atoms with Crippen molar-refractivity contribution in [2.75, 3.05) is 11.1 Å². The highest BCUT2D eigenvalue weighted by Gasteiger charge is 2.08. The largest absolute Gasteiger partial charge is 0.399 e. The van der Waals surface area contributed by atoms with Crippen molar-refractivity contribution in [1.82, 2.24) is 4.98 Å². The molecule has 4 nitrogen and oxygen atoms in total. The standard InChI is InChI=1S/C13H12BrN3O/c1-8-4-9(14)6-11(5-8)17-13(18)12-7-10(15)2-3-16-12/h2-7H,1H3,(H2,15,16)(H,17,18). The van der Waals surface area contributed by atoms with Crippen molar-refractivity contribution in [3.05, 3.63) is 52.3 Å². The first-order valence-electron chi connectivity index (χ1n) is 5.34. The number of carbonyl (C=O) groups is 1. The molecule has 1 aromatic carbocycles. The number of hydrogen-bond donors (Lipinski definition) is 2. The van der Waals surface area contributed by atoms with Gasteiger partial charge in [0.05, 0.1) is 0 Å². The molecule has 1 heterocycles. The number of nitrogens with zero attached hydrogens (tertiary/aromatic N) is 1. The molecule has 0 atom stereocenters. The molecule has 0 radical (unpaired) electrons. The van der Waals surface area contributed by atoms with Gasteiger partial charge in [0.25, 0.3) is 5.91 Å². The third kappa shape index (κ3) is 3.07. The Hall–Kier alpha value is -1.88. The minimum Gasteiger partial charge on any atom is -0.399 e. The van der Waals surface area contributed by atoms with Crippen molar-refractivity contribution in [3.63, 3.8) is 0 Å². The van der Waals surface area contributed by atoms with E-state index in [1.54, 1.807) is 12.1 Å². The number of nitrogens with one attached hydrogen (secondary N) is 1. The van der Waals surface area contributed by atoms with Crippen molar-refractivity contribution in [2.45, 2.75) is 6.92 Å². The number of benzene rings is 1. The third-order valence-corrected chi connectivity index (χ3v) is 2.77. The molecule has 2 aromatic rings. The Morgan fingerprint density at radius 1 is 1.33 bits per heavy atom. The van der Waals surface area contributed by atoms with Crippen molar-refractivity contribution in [1.29, 1.82) is 0 Å². The summed E-state index contributed by atoms with van der Waals surface area (Å²) in [6.07, 6.45) is 1.51. The lowest BCUT2D eigenvalue weighted by atomic mass is 10.2. The zero-order chi connectivity index (χ0) is 13.1. The summed E-state index contributed by atoms with van der Waals surface area (Å²) in [5.41, 5.74) is 8.20. The van der Waals surface area contributed by atoms with Gasteiger partial charge in [-0.2, -0.15) is 0 Å². The summed E-state index contributed by atoms with van der Waals surface area (Å²) in [6.45, 7) is 1.96. The SMILES string of the molecule is Cc1cc(Br)cc(NC(=O)c2cc(N)ccn2)c1. The Morgan fingerprint density at radius 2 is 2.11 bits per heavy atom. The molecule has 92 valence electrons. The van der Waals surface area contributed by atoms with Crippen LogP contribution >= 0.6 is 15.9 Å². The summed E-state index contributed by atoms with van der Waals surface area (Å²) in [6, 6.07) is 8.86. The van der Waals surface area contributed by atoms with Gasteiger partial charge in [-0.1, -0.05) is 15.9 Å². The van der Waals surface area contributed by atoms with Crippen LogP contribution in [0.4, 0.5) is 11.4 Å². The molecule has 1 aromatic heterocycles. The van der Waals surface area contributed by atoms with Crippen LogP contribution < -0.4 is 11.1 Å². The molecule has 0 spiro atoms. The maximum Gasteiger partial charge on any atom is 0.274 e. The van der Waals surface area contributed by atoms with E-state index in [0.717, 1.165) is 15.7 Å². The minimum absolute atomic E-state index is 0.278. The van der Waals surface area contributed by atoms with Gasteiger partial charge in [-0.15, -0.1) is 0 Å². The van der Waals surface area contributed by atoms with Crippen LogP contribution in [0, 0.1) is 6.92 Å². The van der Waals surface area contributed by atoms with E-state index >= 15 is 0 Å². The summed E-state index contributed by atoms with van der Waals surface area (Å²) >= 11 is 3.38. The van der Waals surface area contributed by atoms with E-state index in [1.807, 2.05) is 25.1 Å². The van der Waals surface area contributed by atoms with Crippen LogP contribution in [0.1, 0.15) is 16.1 Å². The molecule has 5 heteroatoms. The van der Waals surface area contributed by atoms with E-state index < -0.39 is 0 Å².